The average Bonchev–Trinajstić information content (AvgIpc) is 2.29. The van der Waals surface area contributed by atoms with E-state index in [0.717, 1.165) is 12.1 Å². The molecule has 3 nitrogen and oxygen atoms in total. The smallest absolute Gasteiger partial charge is 0.165 e. The Morgan fingerprint density at radius 3 is 3.07 bits per heavy atom. The molecule has 0 amide bonds. The van der Waals surface area contributed by atoms with Gasteiger partial charge in [0.05, 0.1) is 0 Å². The van der Waals surface area contributed by atoms with Crippen LogP contribution >= 0.6 is 0 Å². The number of nitrogens with one attached hydrogen (secondary N) is 1. The molecule has 1 atom stereocenters. The third kappa shape index (κ3) is 1.58. The van der Waals surface area contributed by atoms with E-state index in [1.165, 1.54) is 6.07 Å². The number of Topliss-reactive ketones (excluding diaryl/α,β-unsaturated/α-hetero) is 1. The number of rotatable bonds is 0. The summed E-state index contributed by atoms with van der Waals surface area (Å²) in [5.74, 6) is 0.251. The Hall–Kier alpha value is -1.51. The van der Waals surface area contributed by atoms with Gasteiger partial charge in [0.1, 0.15) is 5.75 Å². The molecule has 1 aliphatic rings. The molecule has 1 aliphatic heterocycles. The van der Waals surface area contributed by atoms with E-state index in [2.05, 4.69) is 12.2 Å². The van der Waals surface area contributed by atoms with E-state index in [1.807, 2.05) is 0 Å². The summed E-state index contributed by atoms with van der Waals surface area (Å²) in [4.78, 5) is 11.7. The quantitative estimate of drug-likeness (QED) is 0.618. The molecule has 2 rings (SSSR count). The minimum absolute atomic E-state index is 0.104. The van der Waals surface area contributed by atoms with Gasteiger partial charge < -0.3 is 10.4 Å². The molecular formula is C11H13NO2. The van der Waals surface area contributed by atoms with Crippen molar-refractivity contribution in [3.63, 3.8) is 0 Å². The molecule has 0 aromatic heterocycles. The van der Waals surface area contributed by atoms with E-state index >= 15 is 0 Å². The standard InChI is InChI=1S/C11H13NO2/c1-7-2-5-11(14)9-6-8(13)3-4-10(9)12-7/h3-4,6-7,12-13H,2,5H2,1H3. The largest absolute Gasteiger partial charge is 0.508 e. The number of hydrogen-bond donors (Lipinski definition) is 2. The second-order valence-electron chi connectivity index (χ2n) is 3.74. The van der Waals surface area contributed by atoms with Gasteiger partial charge in [-0.05, 0) is 31.5 Å². The molecule has 0 spiro atoms. The zero-order valence-electron chi connectivity index (χ0n) is 8.08. The van der Waals surface area contributed by atoms with Crippen LogP contribution in [0.5, 0.6) is 5.75 Å². The van der Waals surface area contributed by atoms with Gasteiger partial charge >= 0.3 is 0 Å². The molecule has 14 heavy (non-hydrogen) atoms. The number of carbonyl (C=O) groups is 1. The maximum atomic E-state index is 11.7. The average molecular weight is 191 g/mol. The normalized spacial score (nSPS) is 20.9. The number of aromatic hydroxyl groups is 1. The number of anilines is 1. The number of carbonyl (C=O) groups excluding carboxylic acids is 1. The zero-order valence-corrected chi connectivity index (χ0v) is 8.08. The van der Waals surface area contributed by atoms with Gasteiger partial charge in [0, 0.05) is 23.7 Å². The highest BCUT2D eigenvalue weighted by atomic mass is 16.3. The van der Waals surface area contributed by atoms with E-state index < -0.39 is 0 Å². The van der Waals surface area contributed by atoms with Gasteiger partial charge in [0.15, 0.2) is 5.78 Å². The predicted octanol–water partition coefficient (Wildman–Crippen LogP) is 2.17. The molecule has 3 heteroatoms. The van der Waals surface area contributed by atoms with Crippen molar-refractivity contribution in [2.75, 3.05) is 5.32 Å². The first kappa shape index (κ1) is 9.06. The fourth-order valence-electron chi connectivity index (χ4n) is 1.71. The van der Waals surface area contributed by atoms with Gasteiger partial charge in [-0.1, -0.05) is 0 Å². The second-order valence-corrected chi connectivity index (χ2v) is 3.74. The molecule has 0 fully saturated rings. The SMILES string of the molecule is CC1CCC(=O)c2cc(O)ccc2N1. The molecule has 0 radical (unpaired) electrons. The minimum atomic E-state index is 0.104. The maximum absolute atomic E-state index is 11.7. The third-order valence-corrected chi connectivity index (χ3v) is 2.51. The van der Waals surface area contributed by atoms with Crippen LogP contribution in [-0.4, -0.2) is 16.9 Å². The number of phenols is 1. The van der Waals surface area contributed by atoms with E-state index in [1.54, 1.807) is 12.1 Å². The monoisotopic (exact) mass is 191 g/mol. The Balaban J connectivity index is 2.47. The van der Waals surface area contributed by atoms with Crippen LogP contribution < -0.4 is 5.32 Å². The van der Waals surface area contributed by atoms with Gasteiger partial charge in [0.25, 0.3) is 0 Å². The number of benzene rings is 1. The van der Waals surface area contributed by atoms with E-state index in [-0.39, 0.29) is 11.5 Å². The van der Waals surface area contributed by atoms with Crippen LogP contribution in [0, 0.1) is 0 Å². The van der Waals surface area contributed by atoms with Crippen LogP contribution in [-0.2, 0) is 0 Å². The molecule has 1 aromatic rings. The number of fused-ring (bicyclic) bond motifs is 1. The molecule has 2 N–H and O–H groups in total. The highest BCUT2D eigenvalue weighted by molar-refractivity contribution is 6.02. The van der Waals surface area contributed by atoms with Crippen LogP contribution in [0.3, 0.4) is 0 Å². The van der Waals surface area contributed by atoms with Crippen molar-refractivity contribution in [1.29, 1.82) is 0 Å². The summed E-state index contributed by atoms with van der Waals surface area (Å²) >= 11 is 0. The molecule has 0 bridgehead atoms. The summed E-state index contributed by atoms with van der Waals surface area (Å²) in [7, 11) is 0. The Morgan fingerprint density at radius 1 is 1.50 bits per heavy atom. The summed E-state index contributed by atoms with van der Waals surface area (Å²) in [6.07, 6.45) is 1.39. The van der Waals surface area contributed by atoms with Crippen LogP contribution in [0.15, 0.2) is 18.2 Å². The number of phenolic OH excluding ortho intramolecular Hbond substituents is 1. The van der Waals surface area contributed by atoms with Crippen LogP contribution in [0.25, 0.3) is 0 Å². The van der Waals surface area contributed by atoms with Crippen molar-refractivity contribution in [1.82, 2.24) is 0 Å². The summed E-state index contributed by atoms with van der Waals surface area (Å²) in [5.41, 5.74) is 1.44. The van der Waals surface area contributed by atoms with Crippen LogP contribution in [0.4, 0.5) is 5.69 Å². The Kier molecular flexibility index (Phi) is 2.15. The lowest BCUT2D eigenvalue weighted by atomic mass is 10.1. The third-order valence-electron chi connectivity index (χ3n) is 2.51. The molecule has 1 heterocycles. The van der Waals surface area contributed by atoms with Gasteiger partial charge in [-0.2, -0.15) is 0 Å². The fraction of sp³-hybridized carbons (Fsp3) is 0.364. The first-order chi connectivity index (χ1) is 6.66. The lowest BCUT2D eigenvalue weighted by Crippen LogP contribution is -2.12. The second kappa shape index (κ2) is 3.33. The Morgan fingerprint density at radius 2 is 2.29 bits per heavy atom. The maximum Gasteiger partial charge on any atom is 0.165 e. The van der Waals surface area contributed by atoms with Gasteiger partial charge in [-0.3, -0.25) is 4.79 Å². The van der Waals surface area contributed by atoms with Crippen molar-refractivity contribution in [3.8, 4) is 5.75 Å². The first-order valence-electron chi connectivity index (χ1n) is 4.79. The molecule has 0 saturated heterocycles. The van der Waals surface area contributed by atoms with E-state index in [4.69, 9.17) is 0 Å². The van der Waals surface area contributed by atoms with Crippen molar-refractivity contribution in [2.24, 2.45) is 0 Å². The number of hydrogen-bond acceptors (Lipinski definition) is 3. The van der Waals surface area contributed by atoms with Crippen LogP contribution in [0.1, 0.15) is 30.1 Å². The first-order valence-corrected chi connectivity index (χ1v) is 4.79. The zero-order chi connectivity index (χ0) is 10.1. The molecule has 0 aliphatic carbocycles. The van der Waals surface area contributed by atoms with Crippen molar-refractivity contribution in [2.45, 2.75) is 25.8 Å². The van der Waals surface area contributed by atoms with Crippen molar-refractivity contribution >= 4 is 11.5 Å². The Labute approximate surface area is 82.8 Å². The van der Waals surface area contributed by atoms with Gasteiger partial charge in [0.2, 0.25) is 0 Å². The molecule has 1 unspecified atom stereocenters. The summed E-state index contributed by atoms with van der Waals surface area (Å²) in [6.45, 7) is 2.05. The summed E-state index contributed by atoms with van der Waals surface area (Å²) < 4.78 is 0. The van der Waals surface area contributed by atoms with E-state index in [9.17, 15) is 9.90 Å². The minimum Gasteiger partial charge on any atom is -0.508 e. The molecule has 1 aromatic carbocycles. The fourth-order valence-corrected chi connectivity index (χ4v) is 1.71. The summed E-state index contributed by atoms with van der Waals surface area (Å²) in [5, 5.41) is 12.5. The van der Waals surface area contributed by atoms with Crippen molar-refractivity contribution in [3.05, 3.63) is 23.8 Å². The highest BCUT2D eigenvalue weighted by Crippen LogP contribution is 2.27. The van der Waals surface area contributed by atoms with Crippen molar-refractivity contribution < 1.29 is 9.90 Å². The van der Waals surface area contributed by atoms with Gasteiger partial charge in [-0.25, -0.2) is 0 Å². The lowest BCUT2D eigenvalue weighted by Gasteiger charge is -2.11. The Bertz CT molecular complexity index is 374. The molecular weight excluding hydrogens is 178 g/mol. The molecule has 74 valence electrons. The number of ketones is 1. The predicted molar refractivity (Wildman–Crippen MR) is 54.8 cm³/mol. The molecule has 0 saturated carbocycles. The van der Waals surface area contributed by atoms with Crippen LogP contribution in [0.2, 0.25) is 0 Å². The van der Waals surface area contributed by atoms with Gasteiger partial charge in [-0.15, -0.1) is 0 Å². The van der Waals surface area contributed by atoms with E-state index in [0.29, 0.717) is 18.0 Å². The lowest BCUT2D eigenvalue weighted by molar-refractivity contribution is 0.0981. The topological polar surface area (TPSA) is 49.3 Å². The highest BCUT2D eigenvalue weighted by Gasteiger charge is 2.18. The summed E-state index contributed by atoms with van der Waals surface area (Å²) in [6, 6.07) is 5.19.